The van der Waals surface area contributed by atoms with E-state index in [0.717, 1.165) is 25.9 Å². The average Bonchev–Trinajstić information content (AvgIpc) is 2.11. The molecule has 1 saturated heterocycles. The molecule has 0 spiro atoms. The van der Waals surface area contributed by atoms with Gasteiger partial charge in [-0.15, -0.1) is 0 Å². The zero-order valence-corrected chi connectivity index (χ0v) is 9.55. The quantitative estimate of drug-likeness (QED) is 0.737. The molecular formula is C11H22N2O. The van der Waals surface area contributed by atoms with Crippen LogP contribution in [0.2, 0.25) is 0 Å². The van der Waals surface area contributed by atoms with E-state index in [4.69, 9.17) is 0 Å². The van der Waals surface area contributed by atoms with Crippen molar-refractivity contribution in [3.8, 4) is 0 Å². The van der Waals surface area contributed by atoms with E-state index < -0.39 is 0 Å². The molecule has 0 aromatic heterocycles. The monoisotopic (exact) mass is 198 g/mol. The first-order chi connectivity index (χ1) is 6.65. The number of piperazine rings is 1. The molecule has 1 aliphatic heterocycles. The highest BCUT2D eigenvalue weighted by Crippen LogP contribution is 2.12. The Kier molecular flexibility index (Phi) is 4.39. The predicted octanol–water partition coefficient (Wildman–Crippen LogP) is 1.24. The fourth-order valence-electron chi connectivity index (χ4n) is 2.00. The van der Waals surface area contributed by atoms with Crippen molar-refractivity contribution in [2.24, 2.45) is 5.92 Å². The van der Waals surface area contributed by atoms with Crippen LogP contribution in [0.4, 0.5) is 0 Å². The fraction of sp³-hybridized carbons (Fsp3) is 0.909. The first kappa shape index (κ1) is 11.5. The maximum atomic E-state index is 11.7. The summed E-state index contributed by atoms with van der Waals surface area (Å²) in [6, 6.07) is 0.420. The predicted molar refractivity (Wildman–Crippen MR) is 58.1 cm³/mol. The molecule has 1 amide bonds. The third-order valence-electron chi connectivity index (χ3n) is 2.60. The van der Waals surface area contributed by atoms with Crippen LogP contribution in [0.5, 0.6) is 0 Å². The van der Waals surface area contributed by atoms with E-state index in [1.165, 1.54) is 0 Å². The van der Waals surface area contributed by atoms with Gasteiger partial charge < -0.3 is 10.2 Å². The second kappa shape index (κ2) is 5.35. The van der Waals surface area contributed by atoms with Crippen LogP contribution in [0.15, 0.2) is 0 Å². The first-order valence-corrected chi connectivity index (χ1v) is 5.65. The molecule has 0 aliphatic carbocycles. The van der Waals surface area contributed by atoms with Crippen LogP contribution >= 0.6 is 0 Å². The highest BCUT2D eigenvalue weighted by molar-refractivity contribution is 5.79. The molecule has 1 atom stereocenters. The lowest BCUT2D eigenvalue weighted by Crippen LogP contribution is -2.55. The second-order valence-corrected chi connectivity index (χ2v) is 4.51. The van der Waals surface area contributed by atoms with Crippen molar-refractivity contribution in [2.75, 3.05) is 19.6 Å². The maximum absolute atomic E-state index is 11.7. The van der Waals surface area contributed by atoms with Crippen LogP contribution in [0.1, 0.15) is 33.6 Å². The van der Waals surface area contributed by atoms with Gasteiger partial charge >= 0.3 is 0 Å². The van der Waals surface area contributed by atoms with Gasteiger partial charge in [0.2, 0.25) is 5.91 Å². The van der Waals surface area contributed by atoms with Crippen molar-refractivity contribution in [3.05, 3.63) is 0 Å². The van der Waals surface area contributed by atoms with Crippen molar-refractivity contribution < 1.29 is 4.79 Å². The summed E-state index contributed by atoms with van der Waals surface area (Å²) < 4.78 is 0. The summed E-state index contributed by atoms with van der Waals surface area (Å²) in [5.41, 5.74) is 0. The van der Waals surface area contributed by atoms with E-state index in [1.807, 2.05) is 0 Å². The van der Waals surface area contributed by atoms with E-state index in [0.29, 0.717) is 18.5 Å². The average molecular weight is 198 g/mol. The first-order valence-electron chi connectivity index (χ1n) is 5.65. The molecule has 1 rings (SSSR count). The number of hydrogen-bond acceptors (Lipinski definition) is 2. The van der Waals surface area contributed by atoms with Gasteiger partial charge in [0.05, 0.1) is 6.54 Å². The van der Waals surface area contributed by atoms with Crippen molar-refractivity contribution in [2.45, 2.75) is 39.7 Å². The molecule has 82 valence electrons. The molecule has 0 saturated carbocycles. The number of nitrogens with zero attached hydrogens (tertiary/aromatic N) is 1. The summed E-state index contributed by atoms with van der Waals surface area (Å²) >= 11 is 0. The van der Waals surface area contributed by atoms with Gasteiger partial charge in [-0.2, -0.15) is 0 Å². The second-order valence-electron chi connectivity index (χ2n) is 4.51. The zero-order chi connectivity index (χ0) is 10.6. The van der Waals surface area contributed by atoms with Gasteiger partial charge in [-0.05, 0) is 12.3 Å². The molecule has 1 N–H and O–H groups in total. The summed E-state index contributed by atoms with van der Waals surface area (Å²) in [4.78, 5) is 13.7. The number of hydrogen-bond donors (Lipinski definition) is 1. The van der Waals surface area contributed by atoms with Crippen molar-refractivity contribution >= 4 is 5.91 Å². The summed E-state index contributed by atoms with van der Waals surface area (Å²) in [6.07, 6.45) is 2.26. The normalized spacial score (nSPS) is 23.3. The Morgan fingerprint density at radius 2 is 2.29 bits per heavy atom. The molecule has 1 unspecified atom stereocenters. The minimum atomic E-state index is 0.267. The molecule has 1 fully saturated rings. The third-order valence-corrected chi connectivity index (χ3v) is 2.60. The van der Waals surface area contributed by atoms with Gasteiger partial charge in [0.1, 0.15) is 0 Å². The lowest BCUT2D eigenvalue weighted by atomic mass is 10.1. The summed E-state index contributed by atoms with van der Waals surface area (Å²) in [7, 11) is 0. The van der Waals surface area contributed by atoms with E-state index in [2.05, 4.69) is 31.0 Å². The largest absolute Gasteiger partial charge is 0.337 e. The third kappa shape index (κ3) is 2.98. The lowest BCUT2D eigenvalue weighted by Gasteiger charge is -2.37. The molecule has 1 heterocycles. The maximum Gasteiger partial charge on any atom is 0.236 e. The van der Waals surface area contributed by atoms with Gasteiger partial charge in [0.25, 0.3) is 0 Å². The Labute approximate surface area is 86.9 Å². The Balaban J connectivity index is 2.56. The van der Waals surface area contributed by atoms with E-state index >= 15 is 0 Å². The van der Waals surface area contributed by atoms with Gasteiger partial charge in [0, 0.05) is 19.1 Å². The molecule has 3 heteroatoms. The highest BCUT2D eigenvalue weighted by Gasteiger charge is 2.26. The topological polar surface area (TPSA) is 32.3 Å². The van der Waals surface area contributed by atoms with Gasteiger partial charge in [-0.3, -0.25) is 4.79 Å². The Bertz CT molecular complexity index is 190. The minimum absolute atomic E-state index is 0.267. The molecule has 0 bridgehead atoms. The van der Waals surface area contributed by atoms with Crippen LogP contribution in [-0.2, 0) is 4.79 Å². The smallest absolute Gasteiger partial charge is 0.236 e. The summed E-state index contributed by atoms with van der Waals surface area (Å²) in [6.45, 7) is 8.90. The molecular weight excluding hydrogens is 176 g/mol. The van der Waals surface area contributed by atoms with Crippen molar-refractivity contribution in [3.63, 3.8) is 0 Å². The van der Waals surface area contributed by atoms with Gasteiger partial charge in [-0.25, -0.2) is 0 Å². The Hall–Kier alpha value is -0.570. The SMILES string of the molecule is CCCC1CNCC(=O)N1CC(C)C. The number of carbonyl (C=O) groups excluding carboxylic acids is 1. The number of nitrogens with one attached hydrogen (secondary N) is 1. The lowest BCUT2D eigenvalue weighted by molar-refractivity contribution is -0.135. The van der Waals surface area contributed by atoms with Crippen LogP contribution in [0.25, 0.3) is 0 Å². The summed E-state index contributed by atoms with van der Waals surface area (Å²) in [5.74, 6) is 0.833. The molecule has 0 aromatic carbocycles. The van der Waals surface area contributed by atoms with Crippen molar-refractivity contribution in [1.82, 2.24) is 10.2 Å². The molecule has 0 aromatic rings. The van der Waals surface area contributed by atoms with Crippen LogP contribution in [0, 0.1) is 5.92 Å². The molecule has 0 radical (unpaired) electrons. The Morgan fingerprint density at radius 1 is 1.57 bits per heavy atom. The molecule has 14 heavy (non-hydrogen) atoms. The molecule has 1 aliphatic rings. The number of carbonyl (C=O) groups is 1. The fourth-order valence-corrected chi connectivity index (χ4v) is 2.00. The Morgan fingerprint density at radius 3 is 2.86 bits per heavy atom. The van der Waals surface area contributed by atoms with Crippen LogP contribution < -0.4 is 5.32 Å². The highest BCUT2D eigenvalue weighted by atomic mass is 16.2. The van der Waals surface area contributed by atoms with Gasteiger partial charge in [-0.1, -0.05) is 27.2 Å². The minimum Gasteiger partial charge on any atom is -0.337 e. The molecule has 3 nitrogen and oxygen atoms in total. The van der Waals surface area contributed by atoms with Gasteiger partial charge in [0.15, 0.2) is 0 Å². The van der Waals surface area contributed by atoms with E-state index in [-0.39, 0.29) is 5.91 Å². The van der Waals surface area contributed by atoms with Crippen LogP contribution in [0.3, 0.4) is 0 Å². The van der Waals surface area contributed by atoms with E-state index in [1.54, 1.807) is 0 Å². The number of amides is 1. The standard InChI is InChI=1S/C11H22N2O/c1-4-5-10-6-12-7-11(14)13(10)8-9(2)3/h9-10,12H,4-8H2,1-3H3. The van der Waals surface area contributed by atoms with Crippen LogP contribution in [-0.4, -0.2) is 36.5 Å². The zero-order valence-electron chi connectivity index (χ0n) is 9.55. The summed E-state index contributed by atoms with van der Waals surface area (Å²) in [5, 5.41) is 3.18. The van der Waals surface area contributed by atoms with E-state index in [9.17, 15) is 4.79 Å². The number of rotatable bonds is 4. The van der Waals surface area contributed by atoms with Crippen molar-refractivity contribution in [1.29, 1.82) is 0 Å².